The van der Waals surface area contributed by atoms with Crippen LogP contribution in [-0.2, 0) is 0 Å². The monoisotopic (exact) mass is 130 g/mol. The lowest BCUT2D eigenvalue weighted by Gasteiger charge is -2.15. The van der Waals surface area contributed by atoms with Gasteiger partial charge >= 0.3 is 6.09 Å². The number of hydrogen-bond donors (Lipinski definition) is 2. The molecule has 1 amide bonds. The quantitative estimate of drug-likeness (QED) is 0.486. The van der Waals surface area contributed by atoms with Gasteiger partial charge in [0.15, 0.2) is 0 Å². The maximum atomic E-state index is 10.3. The number of nitrogens with zero attached hydrogens (tertiary/aromatic N) is 1. The summed E-state index contributed by atoms with van der Waals surface area (Å²) < 4.78 is 0. The van der Waals surface area contributed by atoms with Gasteiger partial charge in [-0.05, 0) is 12.8 Å². The van der Waals surface area contributed by atoms with Crippen molar-refractivity contribution in [3.05, 3.63) is 0 Å². The maximum absolute atomic E-state index is 10.3. The summed E-state index contributed by atoms with van der Waals surface area (Å²) in [5.41, 5.74) is 5.43. The molecule has 0 aliphatic carbocycles. The lowest BCUT2D eigenvalue weighted by molar-refractivity contribution is 0.141. The molecule has 0 saturated carbocycles. The molecule has 1 aliphatic rings. The van der Waals surface area contributed by atoms with Crippen LogP contribution >= 0.6 is 0 Å². The van der Waals surface area contributed by atoms with Crippen molar-refractivity contribution in [2.45, 2.75) is 19.0 Å². The topological polar surface area (TPSA) is 66.6 Å². The molecule has 0 aromatic rings. The van der Waals surface area contributed by atoms with Crippen LogP contribution in [0.1, 0.15) is 12.8 Å². The van der Waals surface area contributed by atoms with Crippen LogP contribution in [0, 0.1) is 0 Å². The standard InChI is InChI=1S/C5H10N2O2/c6-4-2-1-3-7(4)5(8)9/h4H,1-3,6H2,(H,8,9)/t4-/m0/s1. The highest BCUT2D eigenvalue weighted by Gasteiger charge is 2.24. The molecule has 0 aromatic heterocycles. The van der Waals surface area contributed by atoms with E-state index in [0.717, 1.165) is 12.8 Å². The molecule has 3 N–H and O–H groups in total. The summed E-state index contributed by atoms with van der Waals surface area (Å²) in [4.78, 5) is 11.5. The van der Waals surface area contributed by atoms with Crippen molar-refractivity contribution >= 4 is 6.09 Å². The fraction of sp³-hybridized carbons (Fsp3) is 0.800. The maximum Gasteiger partial charge on any atom is 0.408 e. The lowest BCUT2D eigenvalue weighted by atomic mass is 10.3. The van der Waals surface area contributed by atoms with E-state index < -0.39 is 6.09 Å². The minimum absolute atomic E-state index is 0.262. The molecule has 1 rings (SSSR count). The Hall–Kier alpha value is -0.770. The normalized spacial score (nSPS) is 26.8. The van der Waals surface area contributed by atoms with Gasteiger partial charge in [-0.2, -0.15) is 0 Å². The number of rotatable bonds is 0. The molecule has 9 heavy (non-hydrogen) atoms. The Kier molecular flexibility index (Phi) is 1.57. The summed E-state index contributed by atoms with van der Waals surface area (Å²) in [6.45, 7) is 0.594. The van der Waals surface area contributed by atoms with Gasteiger partial charge in [0.1, 0.15) is 0 Å². The molecule has 1 aliphatic heterocycles. The Morgan fingerprint density at radius 2 is 2.44 bits per heavy atom. The van der Waals surface area contributed by atoms with Gasteiger partial charge in [0.2, 0.25) is 0 Å². The van der Waals surface area contributed by atoms with Gasteiger partial charge < -0.3 is 10.8 Å². The highest BCUT2D eigenvalue weighted by Crippen LogP contribution is 2.11. The van der Waals surface area contributed by atoms with Crippen molar-refractivity contribution in [2.24, 2.45) is 5.73 Å². The Bertz CT molecular complexity index is 126. The van der Waals surface area contributed by atoms with Crippen LogP contribution in [0.5, 0.6) is 0 Å². The predicted molar refractivity (Wildman–Crippen MR) is 31.9 cm³/mol. The average molecular weight is 130 g/mol. The molecule has 0 spiro atoms. The van der Waals surface area contributed by atoms with Crippen molar-refractivity contribution in [1.82, 2.24) is 4.90 Å². The zero-order chi connectivity index (χ0) is 6.85. The van der Waals surface area contributed by atoms with Crippen LogP contribution in [0.15, 0.2) is 0 Å². The fourth-order valence-electron chi connectivity index (χ4n) is 1.03. The second-order valence-electron chi connectivity index (χ2n) is 2.19. The van der Waals surface area contributed by atoms with Crippen molar-refractivity contribution in [3.8, 4) is 0 Å². The molecular weight excluding hydrogens is 120 g/mol. The second kappa shape index (κ2) is 2.23. The first-order chi connectivity index (χ1) is 4.22. The highest BCUT2D eigenvalue weighted by atomic mass is 16.4. The number of amides is 1. The minimum Gasteiger partial charge on any atom is -0.465 e. The van der Waals surface area contributed by atoms with E-state index in [-0.39, 0.29) is 6.17 Å². The van der Waals surface area contributed by atoms with Crippen molar-refractivity contribution < 1.29 is 9.90 Å². The van der Waals surface area contributed by atoms with E-state index in [1.807, 2.05) is 0 Å². The summed E-state index contributed by atoms with van der Waals surface area (Å²) in [5, 5.41) is 8.43. The zero-order valence-electron chi connectivity index (χ0n) is 5.08. The van der Waals surface area contributed by atoms with E-state index in [2.05, 4.69) is 0 Å². The number of likely N-dealkylation sites (tertiary alicyclic amines) is 1. The van der Waals surface area contributed by atoms with Crippen LogP contribution in [0.4, 0.5) is 4.79 Å². The molecule has 4 nitrogen and oxygen atoms in total. The van der Waals surface area contributed by atoms with Gasteiger partial charge in [-0.1, -0.05) is 0 Å². The third-order valence-electron chi connectivity index (χ3n) is 1.54. The molecule has 1 atom stereocenters. The number of carboxylic acid groups (broad SMARTS) is 1. The summed E-state index contributed by atoms with van der Waals surface area (Å²) in [7, 11) is 0. The first-order valence-corrected chi connectivity index (χ1v) is 2.97. The van der Waals surface area contributed by atoms with Gasteiger partial charge in [0.25, 0.3) is 0 Å². The summed E-state index contributed by atoms with van der Waals surface area (Å²) in [6, 6.07) is 0. The second-order valence-corrected chi connectivity index (χ2v) is 2.19. The van der Waals surface area contributed by atoms with Crippen LogP contribution < -0.4 is 5.73 Å². The van der Waals surface area contributed by atoms with Crippen molar-refractivity contribution in [1.29, 1.82) is 0 Å². The van der Waals surface area contributed by atoms with E-state index in [4.69, 9.17) is 10.8 Å². The smallest absolute Gasteiger partial charge is 0.408 e. The Balaban J connectivity index is 2.49. The lowest BCUT2D eigenvalue weighted by Crippen LogP contribution is -2.39. The van der Waals surface area contributed by atoms with Gasteiger partial charge in [-0.3, -0.25) is 4.90 Å². The number of hydrogen-bond acceptors (Lipinski definition) is 2. The number of carbonyl (C=O) groups is 1. The van der Waals surface area contributed by atoms with Gasteiger partial charge in [-0.25, -0.2) is 4.79 Å². The van der Waals surface area contributed by atoms with Crippen LogP contribution in [0.25, 0.3) is 0 Å². The van der Waals surface area contributed by atoms with Gasteiger partial charge in [-0.15, -0.1) is 0 Å². The third-order valence-corrected chi connectivity index (χ3v) is 1.54. The number of nitrogens with two attached hydrogens (primary N) is 1. The molecule has 1 saturated heterocycles. The highest BCUT2D eigenvalue weighted by molar-refractivity contribution is 5.65. The largest absolute Gasteiger partial charge is 0.465 e. The Labute approximate surface area is 53.2 Å². The van der Waals surface area contributed by atoms with Crippen LogP contribution in [-0.4, -0.2) is 28.8 Å². The minimum atomic E-state index is -0.903. The average Bonchev–Trinajstić information content (AvgIpc) is 2.13. The van der Waals surface area contributed by atoms with Crippen LogP contribution in [0.3, 0.4) is 0 Å². The molecule has 1 fully saturated rings. The predicted octanol–water partition coefficient (Wildman–Crippen LogP) is 0.0450. The Morgan fingerprint density at radius 1 is 1.78 bits per heavy atom. The van der Waals surface area contributed by atoms with Crippen molar-refractivity contribution in [2.75, 3.05) is 6.54 Å². The fourth-order valence-corrected chi connectivity index (χ4v) is 1.03. The van der Waals surface area contributed by atoms with Gasteiger partial charge in [0.05, 0.1) is 6.17 Å². The van der Waals surface area contributed by atoms with E-state index >= 15 is 0 Å². The van der Waals surface area contributed by atoms with E-state index in [1.54, 1.807) is 0 Å². The van der Waals surface area contributed by atoms with E-state index in [1.165, 1.54) is 4.90 Å². The summed E-state index contributed by atoms with van der Waals surface area (Å²) in [5.74, 6) is 0. The molecule has 4 heteroatoms. The third kappa shape index (κ3) is 1.13. The molecule has 0 unspecified atom stereocenters. The molecule has 52 valence electrons. The molecule has 1 heterocycles. The molecular formula is C5H10N2O2. The Morgan fingerprint density at radius 3 is 2.67 bits per heavy atom. The molecule has 0 bridgehead atoms. The van der Waals surface area contributed by atoms with Crippen LogP contribution in [0.2, 0.25) is 0 Å². The van der Waals surface area contributed by atoms with Gasteiger partial charge in [0, 0.05) is 6.54 Å². The first-order valence-electron chi connectivity index (χ1n) is 2.97. The zero-order valence-corrected chi connectivity index (χ0v) is 5.08. The molecule has 0 radical (unpaired) electrons. The molecule has 0 aromatic carbocycles. The SMILES string of the molecule is N[C@@H]1CCCN1C(=O)O. The summed E-state index contributed by atoms with van der Waals surface area (Å²) >= 11 is 0. The van der Waals surface area contributed by atoms with Crippen molar-refractivity contribution in [3.63, 3.8) is 0 Å². The van der Waals surface area contributed by atoms with E-state index in [9.17, 15) is 4.79 Å². The first kappa shape index (κ1) is 6.35. The van der Waals surface area contributed by atoms with E-state index in [0.29, 0.717) is 6.54 Å². The summed E-state index contributed by atoms with van der Waals surface area (Å²) in [6.07, 6.45) is 0.530.